The van der Waals surface area contributed by atoms with E-state index in [1.54, 1.807) is 12.1 Å². The molecule has 0 radical (unpaired) electrons. The maximum atomic E-state index is 13.6. The van der Waals surface area contributed by atoms with Crippen molar-refractivity contribution in [2.75, 3.05) is 7.11 Å². The number of carbonyl (C=O) groups is 2. The third-order valence-electron chi connectivity index (χ3n) is 5.30. The van der Waals surface area contributed by atoms with Gasteiger partial charge in [-0.3, -0.25) is 4.79 Å². The van der Waals surface area contributed by atoms with E-state index in [9.17, 15) is 9.59 Å². The van der Waals surface area contributed by atoms with Gasteiger partial charge in [0.25, 0.3) is 0 Å². The molecular weight excluding hydrogens is 398 g/mol. The molecule has 0 aromatic heterocycles. The Labute approximate surface area is 181 Å². The summed E-state index contributed by atoms with van der Waals surface area (Å²) in [5.41, 5.74) is 1.57. The summed E-state index contributed by atoms with van der Waals surface area (Å²) in [5, 5.41) is 3.53. The Morgan fingerprint density at radius 2 is 1.40 bits per heavy atom. The fourth-order valence-electron chi connectivity index (χ4n) is 3.47. The number of esters is 1. The SMILES string of the molecule is COC(=O)[C@H](Cc1ccc(Cl)cc1)NC(=O)C(C)(c1ccccc1)c1ccccc1. The number of hydrogen-bond acceptors (Lipinski definition) is 3. The third kappa shape index (κ3) is 4.71. The lowest BCUT2D eigenvalue weighted by atomic mass is 9.75. The number of rotatable bonds is 7. The number of ether oxygens (including phenoxy) is 1. The third-order valence-corrected chi connectivity index (χ3v) is 5.55. The highest BCUT2D eigenvalue weighted by Crippen LogP contribution is 2.32. The topological polar surface area (TPSA) is 55.4 Å². The number of methoxy groups -OCH3 is 1. The normalized spacial score (nSPS) is 12.1. The van der Waals surface area contributed by atoms with Crippen molar-refractivity contribution in [2.24, 2.45) is 0 Å². The van der Waals surface area contributed by atoms with Crippen molar-refractivity contribution in [3.8, 4) is 0 Å². The summed E-state index contributed by atoms with van der Waals surface area (Å²) in [7, 11) is 1.32. The van der Waals surface area contributed by atoms with Crippen LogP contribution in [-0.4, -0.2) is 25.0 Å². The van der Waals surface area contributed by atoms with Gasteiger partial charge in [-0.2, -0.15) is 0 Å². The van der Waals surface area contributed by atoms with Crippen LogP contribution >= 0.6 is 11.6 Å². The van der Waals surface area contributed by atoms with Crippen molar-refractivity contribution in [3.63, 3.8) is 0 Å². The first-order chi connectivity index (χ1) is 14.4. The van der Waals surface area contributed by atoms with Crippen molar-refractivity contribution in [2.45, 2.75) is 24.8 Å². The van der Waals surface area contributed by atoms with Crippen molar-refractivity contribution in [1.29, 1.82) is 0 Å². The molecule has 0 bridgehead atoms. The standard InChI is InChI=1S/C25H24ClNO3/c1-25(19-9-5-3-6-10-19,20-11-7-4-8-12-20)24(29)27-22(23(28)30-2)17-18-13-15-21(26)16-14-18/h3-16,22H,17H2,1-2H3,(H,27,29)/t22-/m0/s1. The van der Waals surface area contributed by atoms with Crippen LogP contribution in [0.25, 0.3) is 0 Å². The number of nitrogens with one attached hydrogen (secondary N) is 1. The zero-order valence-electron chi connectivity index (χ0n) is 17.0. The molecule has 3 aromatic carbocycles. The summed E-state index contributed by atoms with van der Waals surface area (Å²) >= 11 is 5.96. The van der Waals surface area contributed by atoms with Crippen LogP contribution < -0.4 is 5.32 Å². The van der Waals surface area contributed by atoms with Crippen LogP contribution in [0.3, 0.4) is 0 Å². The minimum atomic E-state index is -0.977. The fourth-order valence-corrected chi connectivity index (χ4v) is 3.59. The van der Waals surface area contributed by atoms with Gasteiger partial charge in [-0.15, -0.1) is 0 Å². The Balaban J connectivity index is 1.94. The summed E-state index contributed by atoms with van der Waals surface area (Å²) in [6.45, 7) is 1.86. The lowest BCUT2D eigenvalue weighted by molar-refractivity contribution is -0.145. The summed E-state index contributed by atoms with van der Waals surface area (Å²) < 4.78 is 4.95. The first-order valence-corrected chi connectivity index (χ1v) is 10.1. The molecule has 1 amide bonds. The molecule has 0 aliphatic rings. The van der Waals surface area contributed by atoms with Crippen LogP contribution in [0.1, 0.15) is 23.6 Å². The van der Waals surface area contributed by atoms with Gasteiger partial charge in [-0.1, -0.05) is 84.4 Å². The van der Waals surface area contributed by atoms with Crippen molar-refractivity contribution < 1.29 is 14.3 Å². The van der Waals surface area contributed by atoms with E-state index in [4.69, 9.17) is 16.3 Å². The molecule has 1 N–H and O–H groups in total. The van der Waals surface area contributed by atoms with Crippen LogP contribution in [0.15, 0.2) is 84.9 Å². The van der Waals surface area contributed by atoms with Crippen molar-refractivity contribution in [3.05, 3.63) is 107 Å². The molecule has 0 saturated heterocycles. The average Bonchev–Trinajstić information content (AvgIpc) is 2.80. The Morgan fingerprint density at radius 3 is 1.87 bits per heavy atom. The average molecular weight is 422 g/mol. The zero-order valence-corrected chi connectivity index (χ0v) is 17.7. The number of hydrogen-bond donors (Lipinski definition) is 1. The van der Waals surface area contributed by atoms with Gasteiger partial charge in [-0.25, -0.2) is 4.79 Å². The molecule has 5 heteroatoms. The highest BCUT2D eigenvalue weighted by atomic mass is 35.5. The van der Waals surface area contributed by atoms with Crippen molar-refractivity contribution >= 4 is 23.5 Å². The molecule has 0 spiro atoms. The van der Waals surface area contributed by atoms with E-state index in [-0.39, 0.29) is 5.91 Å². The van der Waals surface area contributed by atoms with E-state index in [0.29, 0.717) is 11.4 Å². The zero-order chi connectivity index (χ0) is 21.6. The second-order valence-corrected chi connectivity index (χ2v) is 7.67. The van der Waals surface area contributed by atoms with Crippen LogP contribution in [0.4, 0.5) is 0 Å². The fraction of sp³-hybridized carbons (Fsp3) is 0.200. The first-order valence-electron chi connectivity index (χ1n) is 9.69. The molecule has 0 fully saturated rings. The number of benzene rings is 3. The predicted octanol–water partition coefficient (Wildman–Crippen LogP) is 4.55. The van der Waals surface area contributed by atoms with Crippen LogP contribution in [-0.2, 0) is 26.2 Å². The highest BCUT2D eigenvalue weighted by Gasteiger charge is 2.39. The van der Waals surface area contributed by atoms with Gasteiger partial charge in [0, 0.05) is 11.4 Å². The van der Waals surface area contributed by atoms with E-state index in [2.05, 4.69) is 5.32 Å². The van der Waals surface area contributed by atoms with Gasteiger partial charge >= 0.3 is 5.97 Å². The van der Waals surface area contributed by atoms with Gasteiger partial charge in [0.05, 0.1) is 12.5 Å². The quantitative estimate of drug-likeness (QED) is 0.569. The van der Waals surface area contributed by atoms with Gasteiger partial charge in [0.2, 0.25) is 5.91 Å². The maximum absolute atomic E-state index is 13.6. The van der Waals surface area contributed by atoms with Crippen LogP contribution in [0.2, 0.25) is 5.02 Å². The number of carbonyl (C=O) groups excluding carboxylic acids is 2. The maximum Gasteiger partial charge on any atom is 0.328 e. The molecule has 3 rings (SSSR count). The molecule has 0 saturated carbocycles. The molecule has 0 heterocycles. The minimum absolute atomic E-state index is 0.274. The Kier molecular flexibility index (Phi) is 6.91. The minimum Gasteiger partial charge on any atom is -0.467 e. The molecule has 3 aromatic rings. The second kappa shape index (κ2) is 9.59. The Hall–Kier alpha value is -3.11. The molecule has 4 nitrogen and oxygen atoms in total. The molecular formula is C25H24ClNO3. The smallest absolute Gasteiger partial charge is 0.328 e. The Morgan fingerprint density at radius 1 is 0.900 bits per heavy atom. The monoisotopic (exact) mass is 421 g/mol. The molecule has 1 atom stereocenters. The van der Waals surface area contributed by atoms with Gasteiger partial charge in [-0.05, 0) is 35.7 Å². The lowest BCUT2D eigenvalue weighted by Crippen LogP contribution is -2.51. The largest absolute Gasteiger partial charge is 0.467 e. The first kappa shape index (κ1) is 21.6. The number of halogens is 1. The van der Waals surface area contributed by atoms with Crippen LogP contribution in [0.5, 0.6) is 0 Å². The van der Waals surface area contributed by atoms with Crippen molar-refractivity contribution in [1.82, 2.24) is 5.32 Å². The van der Waals surface area contributed by atoms with Gasteiger partial charge in [0.1, 0.15) is 6.04 Å². The lowest BCUT2D eigenvalue weighted by Gasteiger charge is -2.31. The summed E-state index contributed by atoms with van der Waals surface area (Å²) in [6.07, 6.45) is 0.301. The van der Waals surface area contributed by atoms with E-state index >= 15 is 0 Å². The molecule has 30 heavy (non-hydrogen) atoms. The summed E-state index contributed by atoms with van der Waals surface area (Å²) in [4.78, 5) is 26.1. The molecule has 0 aliphatic carbocycles. The molecule has 154 valence electrons. The number of amides is 1. The molecule has 0 aliphatic heterocycles. The van der Waals surface area contributed by atoms with Crippen LogP contribution in [0, 0.1) is 0 Å². The van der Waals surface area contributed by atoms with Gasteiger partial charge < -0.3 is 10.1 Å². The highest BCUT2D eigenvalue weighted by molar-refractivity contribution is 6.30. The van der Waals surface area contributed by atoms with E-state index in [0.717, 1.165) is 16.7 Å². The Bertz CT molecular complexity index is 948. The summed E-state index contributed by atoms with van der Waals surface area (Å²) in [6, 6.07) is 25.4. The van der Waals surface area contributed by atoms with E-state index in [1.807, 2.05) is 79.7 Å². The van der Waals surface area contributed by atoms with Gasteiger partial charge in [0.15, 0.2) is 0 Å². The predicted molar refractivity (Wildman–Crippen MR) is 118 cm³/mol. The van der Waals surface area contributed by atoms with E-state index < -0.39 is 17.4 Å². The molecule has 0 unspecified atom stereocenters. The second-order valence-electron chi connectivity index (χ2n) is 7.24. The van der Waals surface area contributed by atoms with E-state index in [1.165, 1.54) is 7.11 Å². The summed E-state index contributed by atoms with van der Waals surface area (Å²) in [5.74, 6) is -0.772.